The van der Waals surface area contributed by atoms with Crippen LogP contribution in [-0.2, 0) is 35.5 Å². The van der Waals surface area contributed by atoms with Gasteiger partial charge in [-0.2, -0.15) is 0 Å². The number of carbonyl (C=O) groups excluding carboxylic acids is 1. The summed E-state index contributed by atoms with van der Waals surface area (Å²) >= 11 is 0. The SMILES string of the molecule is Cc1nc(C)c(-c2ccc3c(c2)CCN(Cc2ccccc2F)C3)c(N2CCC3(CCC3)CC2)c1CC(=O)OC(C)C. The molecule has 6 rings (SSSR count). The average molecular weight is 570 g/mol. The molecule has 222 valence electrons. The number of aryl methyl sites for hydroxylation is 2. The molecule has 1 aliphatic carbocycles. The molecule has 2 aromatic carbocycles. The van der Waals surface area contributed by atoms with Crippen molar-refractivity contribution < 1.29 is 13.9 Å². The second-order valence-electron chi connectivity index (χ2n) is 13.1. The maximum absolute atomic E-state index is 14.3. The summed E-state index contributed by atoms with van der Waals surface area (Å²) < 4.78 is 19.9. The van der Waals surface area contributed by atoms with Gasteiger partial charge in [0, 0.05) is 60.8 Å². The molecule has 3 aliphatic rings. The van der Waals surface area contributed by atoms with Crippen molar-refractivity contribution in [3.8, 4) is 11.1 Å². The van der Waals surface area contributed by atoms with Crippen LogP contribution >= 0.6 is 0 Å². The minimum Gasteiger partial charge on any atom is -0.463 e. The van der Waals surface area contributed by atoms with Gasteiger partial charge in [0.05, 0.1) is 18.2 Å². The van der Waals surface area contributed by atoms with Gasteiger partial charge < -0.3 is 9.64 Å². The number of aromatic nitrogens is 1. The minimum absolute atomic E-state index is 0.137. The second kappa shape index (κ2) is 11.8. The molecule has 3 aromatic rings. The number of nitrogens with zero attached hydrogens (tertiary/aromatic N) is 3. The van der Waals surface area contributed by atoms with Gasteiger partial charge >= 0.3 is 5.97 Å². The third kappa shape index (κ3) is 5.83. The Morgan fingerprint density at radius 2 is 1.76 bits per heavy atom. The van der Waals surface area contributed by atoms with Crippen LogP contribution in [0.5, 0.6) is 0 Å². The van der Waals surface area contributed by atoms with Gasteiger partial charge in [0.2, 0.25) is 0 Å². The first kappa shape index (κ1) is 28.9. The van der Waals surface area contributed by atoms with E-state index in [9.17, 15) is 9.18 Å². The zero-order valence-electron chi connectivity index (χ0n) is 25.6. The third-order valence-electron chi connectivity index (χ3n) is 9.84. The van der Waals surface area contributed by atoms with Crippen LogP contribution in [0.1, 0.15) is 79.6 Å². The number of halogens is 1. The summed E-state index contributed by atoms with van der Waals surface area (Å²) in [7, 11) is 0. The van der Waals surface area contributed by atoms with Crippen LogP contribution in [0, 0.1) is 25.1 Å². The topological polar surface area (TPSA) is 45.7 Å². The number of esters is 1. The third-order valence-corrected chi connectivity index (χ3v) is 9.84. The van der Waals surface area contributed by atoms with E-state index in [0.29, 0.717) is 12.0 Å². The Morgan fingerprint density at radius 3 is 2.45 bits per heavy atom. The van der Waals surface area contributed by atoms with Crippen molar-refractivity contribution in [2.75, 3.05) is 24.5 Å². The van der Waals surface area contributed by atoms with Crippen LogP contribution in [0.3, 0.4) is 0 Å². The number of benzene rings is 2. The van der Waals surface area contributed by atoms with E-state index >= 15 is 0 Å². The number of pyridine rings is 1. The number of hydrogen-bond acceptors (Lipinski definition) is 5. The molecule has 0 atom stereocenters. The van der Waals surface area contributed by atoms with Crippen LogP contribution < -0.4 is 4.90 Å². The van der Waals surface area contributed by atoms with E-state index < -0.39 is 0 Å². The van der Waals surface area contributed by atoms with E-state index in [2.05, 4.69) is 34.9 Å². The second-order valence-corrected chi connectivity index (χ2v) is 13.1. The Bertz CT molecular complexity index is 1470. The molecule has 0 bridgehead atoms. The lowest BCUT2D eigenvalue weighted by molar-refractivity contribution is -0.146. The van der Waals surface area contributed by atoms with Crippen LogP contribution in [-0.4, -0.2) is 41.6 Å². The van der Waals surface area contributed by atoms with E-state index in [0.717, 1.165) is 60.7 Å². The standard InChI is InChI=1S/C36H44FN3O2/c1-24(2)42-33(41)21-31-25(3)38-26(4)34(35(31)40-18-15-36(16-19-40)13-7-14-36)28-10-11-29-22-39(17-12-27(29)20-28)23-30-8-5-6-9-32(30)37/h5-6,8-11,20,24H,7,12-19,21-23H2,1-4H3. The lowest BCUT2D eigenvalue weighted by Crippen LogP contribution is -2.44. The fourth-order valence-corrected chi connectivity index (χ4v) is 7.37. The summed E-state index contributed by atoms with van der Waals surface area (Å²) in [6.45, 7) is 12.3. The van der Waals surface area contributed by atoms with Gasteiger partial charge in [0.15, 0.2) is 0 Å². The Morgan fingerprint density at radius 1 is 1.00 bits per heavy atom. The van der Waals surface area contributed by atoms with Crippen molar-refractivity contribution >= 4 is 11.7 Å². The average Bonchev–Trinajstić information content (AvgIpc) is 2.94. The number of ether oxygens (including phenoxy) is 1. The van der Waals surface area contributed by atoms with Crippen molar-refractivity contribution in [3.63, 3.8) is 0 Å². The van der Waals surface area contributed by atoms with Gasteiger partial charge in [0.25, 0.3) is 0 Å². The van der Waals surface area contributed by atoms with E-state index in [1.807, 2.05) is 32.9 Å². The van der Waals surface area contributed by atoms with Crippen molar-refractivity contribution in [1.29, 1.82) is 0 Å². The van der Waals surface area contributed by atoms with Crippen molar-refractivity contribution in [1.82, 2.24) is 9.88 Å². The molecule has 42 heavy (non-hydrogen) atoms. The molecular formula is C36H44FN3O2. The molecule has 0 radical (unpaired) electrons. The fourth-order valence-electron chi connectivity index (χ4n) is 7.37. The molecule has 1 spiro atoms. The van der Waals surface area contributed by atoms with Crippen molar-refractivity contribution in [3.05, 3.63) is 81.9 Å². The van der Waals surface area contributed by atoms with Crippen LogP contribution in [0.2, 0.25) is 0 Å². The zero-order valence-corrected chi connectivity index (χ0v) is 25.6. The van der Waals surface area contributed by atoms with Gasteiger partial charge in [-0.15, -0.1) is 0 Å². The number of carbonyl (C=O) groups is 1. The van der Waals surface area contributed by atoms with Gasteiger partial charge in [0.1, 0.15) is 5.82 Å². The molecule has 1 saturated carbocycles. The maximum atomic E-state index is 14.3. The Kier molecular flexibility index (Phi) is 8.10. The van der Waals surface area contributed by atoms with Crippen LogP contribution in [0.15, 0.2) is 42.5 Å². The molecule has 6 heteroatoms. The molecule has 1 aromatic heterocycles. The number of fused-ring (bicyclic) bond motifs is 1. The first-order chi connectivity index (χ1) is 20.2. The highest BCUT2D eigenvalue weighted by Gasteiger charge is 2.40. The first-order valence-electron chi connectivity index (χ1n) is 15.7. The Balaban J connectivity index is 1.34. The van der Waals surface area contributed by atoms with Gasteiger partial charge in [-0.3, -0.25) is 14.7 Å². The highest BCUT2D eigenvalue weighted by Crippen LogP contribution is 2.50. The number of piperidine rings is 1. The van der Waals surface area contributed by atoms with Crippen molar-refractivity contribution in [2.45, 2.75) is 91.8 Å². The molecule has 2 fully saturated rings. The van der Waals surface area contributed by atoms with Gasteiger partial charge in [-0.25, -0.2) is 4.39 Å². The van der Waals surface area contributed by atoms with E-state index in [1.165, 1.54) is 54.5 Å². The van der Waals surface area contributed by atoms with E-state index in [1.54, 1.807) is 12.1 Å². The lowest BCUT2D eigenvalue weighted by atomic mass is 9.63. The van der Waals surface area contributed by atoms with E-state index in [-0.39, 0.29) is 24.3 Å². The predicted molar refractivity (Wildman–Crippen MR) is 166 cm³/mol. The fraction of sp³-hybridized carbons (Fsp3) is 0.500. The predicted octanol–water partition coefficient (Wildman–Crippen LogP) is 7.33. The molecule has 2 aliphatic heterocycles. The summed E-state index contributed by atoms with van der Waals surface area (Å²) in [4.78, 5) is 22.8. The maximum Gasteiger partial charge on any atom is 0.310 e. The largest absolute Gasteiger partial charge is 0.463 e. The normalized spacial score (nSPS) is 18.2. The summed E-state index contributed by atoms with van der Waals surface area (Å²) in [5.74, 6) is -0.332. The van der Waals surface area contributed by atoms with Crippen LogP contribution in [0.25, 0.3) is 11.1 Å². The molecule has 0 unspecified atom stereocenters. The highest BCUT2D eigenvalue weighted by atomic mass is 19.1. The summed E-state index contributed by atoms with van der Waals surface area (Å²) in [6.07, 6.45) is 7.50. The zero-order chi connectivity index (χ0) is 29.4. The van der Waals surface area contributed by atoms with Gasteiger partial charge in [-0.05, 0) is 88.0 Å². The molecule has 1 saturated heterocycles. The number of anilines is 1. The Hall–Kier alpha value is -3.25. The quantitative estimate of drug-likeness (QED) is 0.279. The lowest BCUT2D eigenvalue weighted by Gasteiger charge is -2.49. The highest BCUT2D eigenvalue weighted by molar-refractivity contribution is 5.87. The monoisotopic (exact) mass is 569 g/mol. The minimum atomic E-state index is -0.196. The molecule has 0 N–H and O–H groups in total. The first-order valence-corrected chi connectivity index (χ1v) is 15.7. The smallest absolute Gasteiger partial charge is 0.310 e. The van der Waals surface area contributed by atoms with Crippen molar-refractivity contribution in [2.24, 2.45) is 5.41 Å². The molecule has 5 nitrogen and oxygen atoms in total. The molecule has 0 amide bonds. The number of rotatable bonds is 7. The molecule has 3 heterocycles. The number of hydrogen-bond donors (Lipinski definition) is 0. The Labute approximate surface area is 250 Å². The van der Waals surface area contributed by atoms with Gasteiger partial charge in [-0.1, -0.05) is 42.8 Å². The molecular weight excluding hydrogens is 525 g/mol. The summed E-state index contributed by atoms with van der Waals surface area (Å²) in [6, 6.07) is 13.9. The van der Waals surface area contributed by atoms with Crippen LogP contribution in [0.4, 0.5) is 10.1 Å². The summed E-state index contributed by atoms with van der Waals surface area (Å²) in [5, 5.41) is 0. The van der Waals surface area contributed by atoms with E-state index in [4.69, 9.17) is 9.72 Å². The summed E-state index contributed by atoms with van der Waals surface area (Å²) in [5.41, 5.74) is 10.3.